The van der Waals surface area contributed by atoms with Crippen LogP contribution in [0, 0.1) is 0 Å². The third-order valence-corrected chi connectivity index (χ3v) is 2.20. The quantitative estimate of drug-likeness (QED) is 0.598. The lowest BCUT2D eigenvalue weighted by molar-refractivity contribution is 0.704. The highest BCUT2D eigenvalue weighted by Crippen LogP contribution is 2.14. The molecule has 2 nitrogen and oxygen atoms in total. The number of benzene rings is 1. The van der Waals surface area contributed by atoms with Crippen LogP contribution in [0.1, 0.15) is 25.7 Å². The Hall–Kier alpha value is -1.02. The van der Waals surface area contributed by atoms with E-state index in [0.29, 0.717) is 6.04 Å². The van der Waals surface area contributed by atoms with E-state index in [0.717, 1.165) is 5.69 Å². The van der Waals surface area contributed by atoms with Crippen LogP contribution in [-0.2, 0) is 0 Å². The molecule has 0 radical (unpaired) electrons. The normalized spacial score (nSPS) is 16.4. The molecule has 72 valence electrons. The van der Waals surface area contributed by atoms with E-state index in [1.165, 1.54) is 25.7 Å². The Bertz CT molecular complexity index is 215. The summed E-state index contributed by atoms with van der Waals surface area (Å²) in [5.74, 6) is 0. The molecule has 2 heteroatoms. The first-order valence-electron chi connectivity index (χ1n) is 4.85. The van der Waals surface area contributed by atoms with Crippen LogP contribution in [0.15, 0.2) is 30.3 Å². The van der Waals surface area contributed by atoms with Crippen LogP contribution in [0.2, 0.25) is 0 Å². The van der Waals surface area contributed by atoms with Crippen molar-refractivity contribution in [3.05, 3.63) is 30.3 Å². The van der Waals surface area contributed by atoms with Gasteiger partial charge in [-0.15, -0.1) is 0 Å². The first kappa shape index (κ1) is 10.1. The van der Waals surface area contributed by atoms with Crippen LogP contribution in [0.3, 0.4) is 0 Å². The SMILES string of the molecule is NC1CCCC1.Nc1ccccc1. The fourth-order valence-corrected chi connectivity index (χ4v) is 1.41. The van der Waals surface area contributed by atoms with E-state index in [4.69, 9.17) is 11.5 Å². The number of para-hydroxylation sites is 1. The zero-order chi connectivity index (χ0) is 9.52. The van der Waals surface area contributed by atoms with E-state index in [1.54, 1.807) is 0 Å². The Morgan fingerprint density at radius 1 is 1.00 bits per heavy atom. The summed E-state index contributed by atoms with van der Waals surface area (Å²) >= 11 is 0. The van der Waals surface area contributed by atoms with Gasteiger partial charge in [0.2, 0.25) is 0 Å². The minimum Gasteiger partial charge on any atom is -0.399 e. The average Bonchev–Trinajstić information content (AvgIpc) is 2.58. The van der Waals surface area contributed by atoms with Crippen molar-refractivity contribution in [2.45, 2.75) is 31.7 Å². The summed E-state index contributed by atoms with van der Waals surface area (Å²) < 4.78 is 0. The van der Waals surface area contributed by atoms with Crippen molar-refractivity contribution in [3.8, 4) is 0 Å². The molecule has 0 amide bonds. The van der Waals surface area contributed by atoms with Crippen LogP contribution in [-0.4, -0.2) is 6.04 Å². The Labute approximate surface area is 79.9 Å². The van der Waals surface area contributed by atoms with Gasteiger partial charge in [-0.05, 0) is 25.0 Å². The summed E-state index contributed by atoms with van der Waals surface area (Å²) in [6.07, 6.45) is 5.25. The lowest BCUT2D eigenvalue weighted by Crippen LogP contribution is -2.13. The molecule has 0 bridgehead atoms. The monoisotopic (exact) mass is 178 g/mol. The van der Waals surface area contributed by atoms with Crippen molar-refractivity contribution in [2.75, 3.05) is 5.73 Å². The second kappa shape index (κ2) is 5.60. The standard InChI is InChI=1S/C6H7N.C5H11N/c7-6-4-2-1-3-5-6;6-5-3-1-2-4-5/h1-5H,7H2;5H,1-4,6H2. The molecule has 1 aliphatic carbocycles. The average molecular weight is 178 g/mol. The molecule has 1 saturated carbocycles. The van der Waals surface area contributed by atoms with Crippen molar-refractivity contribution in [1.82, 2.24) is 0 Å². The van der Waals surface area contributed by atoms with Gasteiger partial charge in [0, 0.05) is 11.7 Å². The topological polar surface area (TPSA) is 52.0 Å². The molecule has 0 aromatic heterocycles. The van der Waals surface area contributed by atoms with E-state index in [2.05, 4.69) is 0 Å². The molecule has 13 heavy (non-hydrogen) atoms. The minimum atomic E-state index is 0.546. The number of nitrogen functional groups attached to an aromatic ring is 1. The predicted octanol–water partition coefficient (Wildman–Crippen LogP) is 2.16. The minimum absolute atomic E-state index is 0.546. The van der Waals surface area contributed by atoms with E-state index < -0.39 is 0 Å². The molecule has 4 N–H and O–H groups in total. The van der Waals surface area contributed by atoms with Crippen LogP contribution in [0.25, 0.3) is 0 Å². The molecule has 2 rings (SSSR count). The molecule has 0 heterocycles. The number of nitrogens with two attached hydrogens (primary N) is 2. The Morgan fingerprint density at radius 2 is 1.54 bits per heavy atom. The van der Waals surface area contributed by atoms with Crippen LogP contribution in [0.5, 0.6) is 0 Å². The Kier molecular flexibility index (Phi) is 4.33. The molecule has 1 aromatic rings. The van der Waals surface area contributed by atoms with Gasteiger partial charge >= 0.3 is 0 Å². The molecule has 0 atom stereocenters. The molecule has 0 saturated heterocycles. The molecule has 0 spiro atoms. The molecule has 0 aliphatic heterocycles. The smallest absolute Gasteiger partial charge is 0.0313 e. The lowest BCUT2D eigenvalue weighted by Gasteiger charge is -1.92. The van der Waals surface area contributed by atoms with E-state index in [-0.39, 0.29) is 0 Å². The van der Waals surface area contributed by atoms with Gasteiger partial charge in [0.05, 0.1) is 0 Å². The van der Waals surface area contributed by atoms with Crippen LogP contribution >= 0.6 is 0 Å². The highest BCUT2D eigenvalue weighted by Gasteiger charge is 2.07. The van der Waals surface area contributed by atoms with Gasteiger partial charge in [-0.2, -0.15) is 0 Å². The highest BCUT2D eigenvalue weighted by atomic mass is 14.6. The number of rotatable bonds is 0. The molecular formula is C11H18N2. The second-order valence-corrected chi connectivity index (χ2v) is 3.46. The van der Waals surface area contributed by atoms with Gasteiger partial charge in [-0.1, -0.05) is 31.0 Å². The Balaban J connectivity index is 0.000000132. The summed E-state index contributed by atoms with van der Waals surface area (Å²) in [4.78, 5) is 0. The largest absolute Gasteiger partial charge is 0.399 e. The number of anilines is 1. The van der Waals surface area contributed by atoms with Crippen molar-refractivity contribution in [3.63, 3.8) is 0 Å². The van der Waals surface area contributed by atoms with Crippen molar-refractivity contribution in [2.24, 2.45) is 5.73 Å². The fourth-order valence-electron chi connectivity index (χ4n) is 1.41. The van der Waals surface area contributed by atoms with E-state index in [1.807, 2.05) is 30.3 Å². The summed E-state index contributed by atoms with van der Waals surface area (Å²) in [6, 6.07) is 10.0. The van der Waals surface area contributed by atoms with Gasteiger partial charge in [0.1, 0.15) is 0 Å². The molecule has 0 unspecified atom stereocenters. The molecule has 1 fully saturated rings. The van der Waals surface area contributed by atoms with Gasteiger partial charge in [0.25, 0.3) is 0 Å². The van der Waals surface area contributed by atoms with Crippen molar-refractivity contribution < 1.29 is 0 Å². The molecular weight excluding hydrogens is 160 g/mol. The molecule has 1 aromatic carbocycles. The van der Waals surface area contributed by atoms with Gasteiger partial charge < -0.3 is 11.5 Å². The zero-order valence-corrected chi connectivity index (χ0v) is 7.95. The summed E-state index contributed by atoms with van der Waals surface area (Å²) in [5, 5.41) is 0. The first-order valence-corrected chi connectivity index (χ1v) is 4.85. The first-order chi connectivity index (χ1) is 6.29. The van der Waals surface area contributed by atoms with E-state index >= 15 is 0 Å². The maximum Gasteiger partial charge on any atom is 0.0313 e. The predicted molar refractivity (Wildman–Crippen MR) is 57.3 cm³/mol. The summed E-state index contributed by atoms with van der Waals surface area (Å²) in [6.45, 7) is 0. The third kappa shape index (κ3) is 4.53. The van der Waals surface area contributed by atoms with Crippen LogP contribution < -0.4 is 11.5 Å². The van der Waals surface area contributed by atoms with Gasteiger partial charge in [0.15, 0.2) is 0 Å². The Morgan fingerprint density at radius 3 is 1.77 bits per heavy atom. The van der Waals surface area contributed by atoms with Gasteiger partial charge in [-0.3, -0.25) is 0 Å². The maximum atomic E-state index is 5.53. The summed E-state index contributed by atoms with van der Waals surface area (Å²) in [7, 11) is 0. The number of hydrogen-bond donors (Lipinski definition) is 2. The van der Waals surface area contributed by atoms with Gasteiger partial charge in [-0.25, -0.2) is 0 Å². The summed E-state index contributed by atoms with van der Waals surface area (Å²) in [5.41, 5.74) is 11.7. The zero-order valence-electron chi connectivity index (χ0n) is 7.95. The highest BCUT2D eigenvalue weighted by molar-refractivity contribution is 5.35. The van der Waals surface area contributed by atoms with Crippen molar-refractivity contribution in [1.29, 1.82) is 0 Å². The van der Waals surface area contributed by atoms with E-state index in [9.17, 15) is 0 Å². The molecule has 1 aliphatic rings. The maximum absolute atomic E-state index is 5.53. The third-order valence-electron chi connectivity index (χ3n) is 2.20. The lowest BCUT2D eigenvalue weighted by atomic mass is 10.3. The fraction of sp³-hybridized carbons (Fsp3) is 0.455. The number of hydrogen-bond acceptors (Lipinski definition) is 2. The second-order valence-electron chi connectivity index (χ2n) is 3.46. The van der Waals surface area contributed by atoms with Crippen LogP contribution in [0.4, 0.5) is 5.69 Å². The van der Waals surface area contributed by atoms with Crippen molar-refractivity contribution >= 4 is 5.69 Å².